The standard InChI is InChI=1S/H2O6S2Se2/c1-7(2,3)10(9)8(4,5)6/h(H,1,2,3)(H,4,5,6). The maximum absolute atomic E-state index is 10.0. The molecule has 0 aromatic rings. The van der Waals surface area contributed by atoms with Crippen LogP contribution in [0.1, 0.15) is 0 Å². The normalized spacial score (nSPS) is 13.9. The summed E-state index contributed by atoms with van der Waals surface area (Å²) >= 11 is 1.71. The van der Waals surface area contributed by atoms with E-state index in [1.165, 1.54) is 0 Å². The van der Waals surface area contributed by atoms with Crippen LogP contribution in [0.3, 0.4) is 0 Å². The zero-order valence-corrected chi connectivity index (χ0v) is 9.22. The van der Waals surface area contributed by atoms with Crippen LogP contribution in [-0.2, 0) is 17.1 Å². The van der Waals surface area contributed by atoms with Gasteiger partial charge in [0.1, 0.15) is 0 Å². The van der Waals surface area contributed by atoms with Crippen LogP contribution in [0.2, 0.25) is 0 Å². The van der Waals surface area contributed by atoms with E-state index < -0.39 is 26.4 Å². The summed E-state index contributed by atoms with van der Waals surface area (Å²) in [5, 5.41) is 0. The van der Waals surface area contributed by atoms with Crippen LogP contribution in [-0.4, -0.2) is 48.9 Å². The number of hydrogen-bond donors (Lipinski definition) is 2. The molecule has 0 heterocycles. The number of hydrogen-bond acceptors (Lipinski definition) is 4. The third-order valence-electron chi connectivity index (χ3n) is 0.344. The summed E-state index contributed by atoms with van der Waals surface area (Å²) in [7, 11) is -12.8. The molecule has 0 fully saturated rings. The first kappa shape index (κ1) is 10.9. The molecule has 10 heteroatoms. The van der Waals surface area contributed by atoms with E-state index in [0.29, 0.717) is 0 Å². The van der Waals surface area contributed by atoms with Gasteiger partial charge in [-0.15, -0.1) is 0 Å². The van der Waals surface area contributed by atoms with Gasteiger partial charge in [0.2, 0.25) is 0 Å². The molecular formula is H2O6S2Se2. The Bertz CT molecular complexity index is 296. The first-order valence-corrected chi connectivity index (χ1v) is 12.8. The Morgan fingerprint density at radius 3 is 1.20 bits per heavy atom. The first-order chi connectivity index (χ1) is 4.15. The second-order valence-electron chi connectivity index (χ2n) is 1.06. The van der Waals surface area contributed by atoms with Gasteiger partial charge >= 0.3 is 66.0 Å². The SMILES string of the molecule is O=S(=O)(O)[Se](=[Se])S(=O)(=O)O. The summed E-state index contributed by atoms with van der Waals surface area (Å²) in [6, 6.07) is 0. The minimum atomic E-state index is -4.63. The van der Waals surface area contributed by atoms with Crippen molar-refractivity contribution in [3.05, 3.63) is 0 Å². The molecular weight excluding hydrogens is 318 g/mol. The summed E-state index contributed by atoms with van der Waals surface area (Å²) in [4.78, 5) is 0. The van der Waals surface area contributed by atoms with Gasteiger partial charge in [-0.3, -0.25) is 0 Å². The van der Waals surface area contributed by atoms with Crippen LogP contribution >= 0.6 is 0 Å². The van der Waals surface area contributed by atoms with Gasteiger partial charge in [-0.05, 0) is 0 Å². The molecule has 0 spiro atoms. The first-order valence-electron chi connectivity index (χ1n) is 1.53. The molecule has 62 valence electrons. The Kier molecular flexibility index (Phi) is 3.34. The number of rotatable bonds is 2. The van der Waals surface area contributed by atoms with Crippen molar-refractivity contribution in [2.75, 3.05) is 0 Å². The van der Waals surface area contributed by atoms with E-state index in [-0.39, 0.29) is 0 Å². The van der Waals surface area contributed by atoms with Crippen molar-refractivity contribution in [3.8, 4) is 0 Å². The molecule has 0 aliphatic rings. The zero-order chi connectivity index (χ0) is 8.58. The van der Waals surface area contributed by atoms with Crippen LogP contribution in [0.25, 0.3) is 0 Å². The molecule has 0 aliphatic carbocycles. The van der Waals surface area contributed by atoms with Crippen molar-refractivity contribution in [3.63, 3.8) is 0 Å². The molecule has 0 atom stereocenters. The summed E-state index contributed by atoms with van der Waals surface area (Å²) in [6.45, 7) is 0. The van der Waals surface area contributed by atoms with Crippen molar-refractivity contribution in [1.29, 1.82) is 0 Å². The molecule has 0 saturated heterocycles. The monoisotopic (exact) mass is 322 g/mol. The molecule has 0 aliphatic heterocycles. The van der Waals surface area contributed by atoms with E-state index in [0.717, 1.165) is 0 Å². The molecule has 6 nitrogen and oxygen atoms in total. The molecule has 0 saturated carbocycles. The zero-order valence-electron chi connectivity index (χ0n) is 4.16. The predicted molar refractivity (Wildman–Crippen MR) is 34.6 cm³/mol. The quantitative estimate of drug-likeness (QED) is 0.446. The van der Waals surface area contributed by atoms with Crippen molar-refractivity contribution < 1.29 is 25.9 Å². The fraction of sp³-hybridized carbons (Fsp3) is 0. The van der Waals surface area contributed by atoms with Gasteiger partial charge in [-0.2, -0.15) is 0 Å². The Hall–Kier alpha value is 0.859. The second kappa shape index (κ2) is 3.08. The van der Waals surface area contributed by atoms with Crippen LogP contribution < -0.4 is 0 Å². The topological polar surface area (TPSA) is 109 Å². The second-order valence-corrected chi connectivity index (χ2v) is 22.1. The van der Waals surface area contributed by atoms with Gasteiger partial charge < -0.3 is 0 Å². The molecule has 0 aromatic carbocycles. The van der Waals surface area contributed by atoms with Crippen molar-refractivity contribution in [2.45, 2.75) is 0 Å². The van der Waals surface area contributed by atoms with E-state index in [1.54, 1.807) is 13.7 Å². The summed E-state index contributed by atoms with van der Waals surface area (Å²) in [5.74, 6) is 0. The Morgan fingerprint density at radius 1 is 1.00 bits per heavy atom. The van der Waals surface area contributed by atoms with Gasteiger partial charge in [-0.1, -0.05) is 0 Å². The van der Waals surface area contributed by atoms with Gasteiger partial charge in [0.25, 0.3) is 0 Å². The molecule has 0 aromatic heterocycles. The maximum atomic E-state index is 10.0. The van der Waals surface area contributed by atoms with Crippen LogP contribution in [0.5, 0.6) is 0 Å². The van der Waals surface area contributed by atoms with Crippen LogP contribution in [0, 0.1) is 0 Å². The van der Waals surface area contributed by atoms with Crippen molar-refractivity contribution in [1.82, 2.24) is 0 Å². The Morgan fingerprint density at radius 2 is 1.20 bits per heavy atom. The predicted octanol–water partition coefficient (Wildman–Crippen LogP) is -2.08. The third-order valence-corrected chi connectivity index (χ3v) is 22.0. The molecule has 0 radical (unpaired) electrons. The van der Waals surface area contributed by atoms with Gasteiger partial charge in [-0.25, -0.2) is 0 Å². The van der Waals surface area contributed by atoms with E-state index in [2.05, 4.69) is 0 Å². The van der Waals surface area contributed by atoms with E-state index in [4.69, 9.17) is 9.11 Å². The average Bonchev–Trinajstić information content (AvgIpc) is 1.59. The van der Waals surface area contributed by atoms with E-state index >= 15 is 0 Å². The Balaban J connectivity index is 5.16. The average molecular weight is 320 g/mol. The molecule has 2 N–H and O–H groups in total. The van der Waals surface area contributed by atoms with E-state index in [9.17, 15) is 16.8 Å². The minimum absolute atomic E-state index is 1.71. The van der Waals surface area contributed by atoms with Crippen LogP contribution in [0.15, 0.2) is 0 Å². The van der Waals surface area contributed by atoms with Crippen LogP contribution in [0.4, 0.5) is 0 Å². The van der Waals surface area contributed by atoms with Crippen molar-refractivity contribution in [2.24, 2.45) is 0 Å². The van der Waals surface area contributed by atoms with Crippen molar-refractivity contribution >= 4 is 40.0 Å². The summed E-state index contributed by atoms with van der Waals surface area (Å²) in [6.07, 6.45) is 0. The van der Waals surface area contributed by atoms with Gasteiger partial charge in [0.05, 0.1) is 0 Å². The van der Waals surface area contributed by atoms with E-state index in [1.807, 2.05) is 0 Å². The Labute approximate surface area is 65.8 Å². The summed E-state index contributed by atoms with van der Waals surface area (Å²) < 4.78 is 56.2. The molecule has 0 amide bonds. The molecule has 0 unspecified atom stereocenters. The fourth-order valence-electron chi connectivity index (χ4n) is 0.109. The fourth-order valence-corrected chi connectivity index (χ4v) is 5.08. The molecule has 10 heavy (non-hydrogen) atoms. The summed E-state index contributed by atoms with van der Waals surface area (Å²) in [5.41, 5.74) is 0. The third kappa shape index (κ3) is 3.31. The van der Waals surface area contributed by atoms with Gasteiger partial charge in [0, 0.05) is 0 Å². The molecule has 0 bridgehead atoms. The molecule has 0 rings (SSSR count). The van der Waals surface area contributed by atoms with Gasteiger partial charge in [0.15, 0.2) is 0 Å².